The van der Waals surface area contributed by atoms with Crippen LogP contribution in [-0.4, -0.2) is 19.6 Å². The average Bonchev–Trinajstić information content (AvgIpc) is 3.28. The molecule has 158 valence electrons. The van der Waals surface area contributed by atoms with E-state index in [0.717, 1.165) is 28.6 Å². The Kier molecular flexibility index (Phi) is 4.62. The Bertz CT molecular complexity index is 1500. The number of hydrogen-bond acceptors (Lipinski definition) is 3. The SMILES string of the molecule is O=c1ccn(-c2cccc(C(F)(F)F)c2)nc1-c1ccnn1-c1cccc2ccccc12. The maximum Gasteiger partial charge on any atom is 0.416 e. The molecule has 0 saturated heterocycles. The number of nitrogens with zero attached hydrogens (tertiary/aromatic N) is 4. The van der Waals surface area contributed by atoms with Crippen LogP contribution in [0.5, 0.6) is 0 Å². The predicted molar refractivity (Wildman–Crippen MR) is 115 cm³/mol. The zero-order valence-electron chi connectivity index (χ0n) is 16.5. The number of fused-ring (bicyclic) bond motifs is 1. The van der Waals surface area contributed by atoms with Crippen LogP contribution in [0.15, 0.2) is 96.1 Å². The van der Waals surface area contributed by atoms with Gasteiger partial charge in [-0.3, -0.25) is 4.79 Å². The van der Waals surface area contributed by atoms with Crippen LogP contribution in [0.1, 0.15) is 5.56 Å². The largest absolute Gasteiger partial charge is 0.416 e. The molecule has 32 heavy (non-hydrogen) atoms. The molecule has 0 amide bonds. The van der Waals surface area contributed by atoms with Crippen molar-refractivity contribution < 1.29 is 13.2 Å². The summed E-state index contributed by atoms with van der Waals surface area (Å²) in [6.45, 7) is 0. The van der Waals surface area contributed by atoms with Gasteiger partial charge in [0.2, 0.25) is 5.43 Å². The normalized spacial score (nSPS) is 11.7. The van der Waals surface area contributed by atoms with E-state index in [0.29, 0.717) is 5.69 Å². The Morgan fingerprint density at radius 1 is 0.844 bits per heavy atom. The molecule has 0 aliphatic carbocycles. The summed E-state index contributed by atoms with van der Waals surface area (Å²) in [5.41, 5.74) is 0.312. The van der Waals surface area contributed by atoms with Crippen molar-refractivity contribution in [2.45, 2.75) is 6.18 Å². The molecule has 2 aromatic heterocycles. The second kappa shape index (κ2) is 7.49. The molecule has 0 saturated carbocycles. The molecule has 0 aliphatic heterocycles. The molecule has 8 heteroatoms. The van der Waals surface area contributed by atoms with Crippen molar-refractivity contribution in [3.05, 3.63) is 107 Å². The van der Waals surface area contributed by atoms with Gasteiger partial charge < -0.3 is 0 Å². The Hall–Kier alpha value is -4.20. The van der Waals surface area contributed by atoms with E-state index in [9.17, 15) is 18.0 Å². The highest BCUT2D eigenvalue weighted by molar-refractivity contribution is 5.90. The minimum atomic E-state index is -4.48. The van der Waals surface area contributed by atoms with Gasteiger partial charge in [0.1, 0.15) is 0 Å². The molecule has 0 atom stereocenters. The number of aromatic nitrogens is 4. The number of alkyl halides is 3. The first-order valence-corrected chi connectivity index (χ1v) is 9.72. The molecule has 0 spiro atoms. The third kappa shape index (κ3) is 3.45. The summed E-state index contributed by atoms with van der Waals surface area (Å²) in [4.78, 5) is 12.7. The zero-order valence-corrected chi connectivity index (χ0v) is 16.5. The van der Waals surface area contributed by atoms with Gasteiger partial charge in [-0.25, -0.2) is 9.36 Å². The minimum Gasteiger partial charge on any atom is -0.287 e. The molecule has 3 aromatic carbocycles. The Morgan fingerprint density at radius 3 is 2.47 bits per heavy atom. The van der Waals surface area contributed by atoms with Crippen molar-refractivity contribution in [1.82, 2.24) is 19.6 Å². The summed E-state index contributed by atoms with van der Waals surface area (Å²) in [5.74, 6) is 0. The molecule has 5 aromatic rings. The molecule has 0 bridgehead atoms. The van der Waals surface area contributed by atoms with Crippen molar-refractivity contribution in [3.8, 4) is 22.8 Å². The smallest absolute Gasteiger partial charge is 0.287 e. The zero-order chi connectivity index (χ0) is 22.3. The van der Waals surface area contributed by atoms with Crippen molar-refractivity contribution >= 4 is 10.8 Å². The monoisotopic (exact) mass is 432 g/mol. The van der Waals surface area contributed by atoms with Crippen LogP contribution in [0.25, 0.3) is 33.5 Å². The number of halogens is 3. The Balaban J connectivity index is 1.66. The van der Waals surface area contributed by atoms with Gasteiger partial charge in [0, 0.05) is 17.6 Å². The first-order valence-electron chi connectivity index (χ1n) is 9.72. The molecule has 0 radical (unpaired) electrons. The number of rotatable bonds is 3. The fraction of sp³-hybridized carbons (Fsp3) is 0.0417. The number of benzene rings is 3. The van der Waals surface area contributed by atoms with E-state index in [1.807, 2.05) is 42.5 Å². The fourth-order valence-electron chi connectivity index (χ4n) is 3.62. The van der Waals surface area contributed by atoms with Crippen LogP contribution in [0.3, 0.4) is 0 Å². The lowest BCUT2D eigenvalue weighted by atomic mass is 10.1. The van der Waals surface area contributed by atoms with Gasteiger partial charge in [0.25, 0.3) is 0 Å². The van der Waals surface area contributed by atoms with Gasteiger partial charge >= 0.3 is 6.18 Å². The molecule has 2 heterocycles. The lowest BCUT2D eigenvalue weighted by molar-refractivity contribution is -0.137. The van der Waals surface area contributed by atoms with E-state index in [2.05, 4.69) is 10.2 Å². The highest BCUT2D eigenvalue weighted by atomic mass is 19.4. The van der Waals surface area contributed by atoms with E-state index >= 15 is 0 Å². The van der Waals surface area contributed by atoms with Crippen LogP contribution in [0.2, 0.25) is 0 Å². The number of hydrogen-bond donors (Lipinski definition) is 0. The maximum atomic E-state index is 13.1. The summed E-state index contributed by atoms with van der Waals surface area (Å²) in [5, 5.41) is 10.7. The van der Waals surface area contributed by atoms with E-state index in [-0.39, 0.29) is 16.8 Å². The topological polar surface area (TPSA) is 52.7 Å². The molecule has 0 N–H and O–H groups in total. The summed E-state index contributed by atoms with van der Waals surface area (Å²) in [6, 6.07) is 21.2. The van der Waals surface area contributed by atoms with Crippen LogP contribution < -0.4 is 5.43 Å². The van der Waals surface area contributed by atoms with Gasteiger partial charge in [-0.1, -0.05) is 42.5 Å². The molecular formula is C24H15F3N4O. The molecule has 0 unspecified atom stereocenters. The first-order chi connectivity index (χ1) is 15.4. The van der Waals surface area contributed by atoms with Crippen molar-refractivity contribution in [1.29, 1.82) is 0 Å². The van der Waals surface area contributed by atoms with Gasteiger partial charge in [-0.15, -0.1) is 0 Å². The molecular weight excluding hydrogens is 417 g/mol. The average molecular weight is 432 g/mol. The highest BCUT2D eigenvalue weighted by Gasteiger charge is 2.30. The van der Waals surface area contributed by atoms with Crippen molar-refractivity contribution in [2.75, 3.05) is 0 Å². The molecule has 5 rings (SSSR count). The molecule has 5 nitrogen and oxygen atoms in total. The first kappa shape index (κ1) is 19.7. The van der Waals surface area contributed by atoms with Gasteiger partial charge in [0.05, 0.1) is 28.8 Å². The summed E-state index contributed by atoms with van der Waals surface area (Å²) < 4.78 is 42.3. The molecule has 0 aliphatic rings. The van der Waals surface area contributed by atoms with Crippen LogP contribution in [0, 0.1) is 0 Å². The van der Waals surface area contributed by atoms with Crippen LogP contribution in [-0.2, 0) is 6.18 Å². The minimum absolute atomic E-state index is 0.0790. The Morgan fingerprint density at radius 2 is 1.62 bits per heavy atom. The van der Waals surface area contributed by atoms with Crippen molar-refractivity contribution in [3.63, 3.8) is 0 Å². The molecule has 0 fully saturated rings. The third-order valence-corrected chi connectivity index (χ3v) is 5.13. The van der Waals surface area contributed by atoms with Crippen molar-refractivity contribution in [2.24, 2.45) is 0 Å². The standard InChI is InChI=1S/C24H15F3N4O/c25-24(26,27)17-7-4-8-18(15-17)30-14-12-22(32)23(29-30)21-11-13-28-31(21)20-10-3-6-16-5-1-2-9-19(16)20/h1-15H. The van der Waals surface area contributed by atoms with Gasteiger partial charge in [0.15, 0.2) is 5.69 Å². The third-order valence-electron chi connectivity index (χ3n) is 5.13. The van der Waals surface area contributed by atoms with E-state index in [1.165, 1.54) is 29.1 Å². The summed E-state index contributed by atoms with van der Waals surface area (Å²) in [6.07, 6.45) is -1.58. The summed E-state index contributed by atoms with van der Waals surface area (Å²) >= 11 is 0. The lowest BCUT2D eigenvalue weighted by Crippen LogP contribution is -2.15. The summed E-state index contributed by atoms with van der Waals surface area (Å²) in [7, 11) is 0. The van der Waals surface area contributed by atoms with E-state index in [4.69, 9.17) is 0 Å². The highest BCUT2D eigenvalue weighted by Crippen LogP contribution is 2.30. The Labute approximate surface area is 180 Å². The predicted octanol–water partition coefficient (Wildman–Crippen LogP) is 5.26. The van der Waals surface area contributed by atoms with Gasteiger partial charge in [-0.05, 0) is 35.7 Å². The van der Waals surface area contributed by atoms with Gasteiger partial charge in [-0.2, -0.15) is 23.4 Å². The maximum absolute atomic E-state index is 13.1. The fourth-order valence-corrected chi connectivity index (χ4v) is 3.62. The van der Waals surface area contributed by atoms with E-state index in [1.54, 1.807) is 16.9 Å². The van der Waals surface area contributed by atoms with Crippen LogP contribution in [0.4, 0.5) is 13.2 Å². The second-order valence-corrected chi connectivity index (χ2v) is 7.15. The van der Waals surface area contributed by atoms with Crippen LogP contribution >= 0.6 is 0 Å². The lowest BCUT2D eigenvalue weighted by Gasteiger charge is -2.13. The quantitative estimate of drug-likeness (QED) is 0.391. The second-order valence-electron chi connectivity index (χ2n) is 7.15. The van der Waals surface area contributed by atoms with E-state index < -0.39 is 11.7 Å².